The van der Waals surface area contributed by atoms with E-state index in [2.05, 4.69) is 10.6 Å². The minimum Gasteiger partial charge on any atom is -0.385 e. The van der Waals surface area contributed by atoms with E-state index >= 15 is 0 Å². The summed E-state index contributed by atoms with van der Waals surface area (Å²) in [4.78, 5) is 11.9. The van der Waals surface area contributed by atoms with E-state index in [0.717, 1.165) is 30.6 Å². The summed E-state index contributed by atoms with van der Waals surface area (Å²) in [6.45, 7) is 0.464. The molecule has 0 aromatic heterocycles. The van der Waals surface area contributed by atoms with E-state index in [4.69, 9.17) is 0 Å². The van der Waals surface area contributed by atoms with Gasteiger partial charge in [-0.15, -0.1) is 0 Å². The lowest BCUT2D eigenvalue weighted by Gasteiger charge is -2.20. The summed E-state index contributed by atoms with van der Waals surface area (Å²) in [5, 5.41) is 5.50. The average Bonchev–Trinajstić information content (AvgIpc) is 2.36. The molecule has 6 heteroatoms. The Hall–Kier alpha value is -1.72. The van der Waals surface area contributed by atoms with Crippen molar-refractivity contribution in [2.75, 3.05) is 18.4 Å². The second kappa shape index (κ2) is 5.50. The van der Waals surface area contributed by atoms with Crippen LogP contribution in [-0.4, -0.2) is 25.2 Å². The maximum Gasteiger partial charge on any atom is 0.390 e. The predicted octanol–water partition coefficient (Wildman–Crippen LogP) is 2.73. The molecule has 0 saturated heterocycles. The molecule has 1 aliphatic rings. The van der Waals surface area contributed by atoms with Gasteiger partial charge in [-0.1, -0.05) is 6.07 Å². The first-order valence-corrected chi connectivity index (χ1v) is 6.18. The summed E-state index contributed by atoms with van der Waals surface area (Å²) in [5.41, 5.74) is 2.25. The van der Waals surface area contributed by atoms with Gasteiger partial charge in [0.05, 0.1) is 6.42 Å². The van der Waals surface area contributed by atoms with Gasteiger partial charge in [-0.25, -0.2) is 0 Å². The van der Waals surface area contributed by atoms with Crippen LogP contribution >= 0.6 is 0 Å². The summed E-state index contributed by atoms with van der Waals surface area (Å²) >= 11 is 0. The van der Waals surface area contributed by atoms with E-state index in [9.17, 15) is 18.0 Å². The zero-order chi connectivity index (χ0) is 13.9. The summed E-state index contributed by atoms with van der Waals surface area (Å²) in [7, 11) is 0. The Kier molecular flexibility index (Phi) is 3.97. The van der Waals surface area contributed by atoms with Crippen LogP contribution in [0.5, 0.6) is 0 Å². The van der Waals surface area contributed by atoms with Crippen molar-refractivity contribution < 1.29 is 18.0 Å². The van der Waals surface area contributed by atoms with Crippen LogP contribution in [0.1, 0.15) is 28.8 Å². The highest BCUT2D eigenvalue weighted by molar-refractivity contribution is 5.97. The van der Waals surface area contributed by atoms with Crippen LogP contribution in [0.3, 0.4) is 0 Å². The topological polar surface area (TPSA) is 41.1 Å². The van der Waals surface area contributed by atoms with Crippen LogP contribution in [0.15, 0.2) is 18.2 Å². The molecule has 0 fully saturated rings. The van der Waals surface area contributed by atoms with E-state index in [1.54, 1.807) is 12.1 Å². The molecular formula is C13H15F3N2O. The number of carbonyl (C=O) groups is 1. The summed E-state index contributed by atoms with van der Waals surface area (Å²) in [6, 6.07) is 5.26. The predicted molar refractivity (Wildman–Crippen MR) is 66.3 cm³/mol. The van der Waals surface area contributed by atoms with Gasteiger partial charge in [-0.2, -0.15) is 13.2 Å². The van der Waals surface area contributed by atoms with Gasteiger partial charge < -0.3 is 10.6 Å². The van der Waals surface area contributed by atoms with Gasteiger partial charge in [-0.3, -0.25) is 4.79 Å². The number of hydrogen-bond donors (Lipinski definition) is 2. The Morgan fingerprint density at radius 1 is 1.37 bits per heavy atom. The molecule has 1 aromatic carbocycles. The minimum atomic E-state index is -4.25. The largest absolute Gasteiger partial charge is 0.390 e. The van der Waals surface area contributed by atoms with Crippen molar-refractivity contribution in [2.24, 2.45) is 0 Å². The molecule has 0 saturated carbocycles. The van der Waals surface area contributed by atoms with Crippen molar-refractivity contribution in [3.8, 4) is 0 Å². The number of benzene rings is 1. The van der Waals surface area contributed by atoms with E-state index in [-0.39, 0.29) is 6.54 Å². The van der Waals surface area contributed by atoms with E-state index in [1.807, 2.05) is 6.07 Å². The molecule has 0 unspecified atom stereocenters. The number of fused-ring (bicyclic) bond motifs is 1. The Bertz CT molecular complexity index is 471. The molecule has 104 valence electrons. The number of carbonyl (C=O) groups excluding carboxylic acids is 1. The Morgan fingerprint density at radius 2 is 2.16 bits per heavy atom. The molecule has 0 spiro atoms. The van der Waals surface area contributed by atoms with Gasteiger partial charge in [0.15, 0.2) is 0 Å². The zero-order valence-corrected chi connectivity index (χ0v) is 10.3. The van der Waals surface area contributed by atoms with Crippen LogP contribution in [0, 0.1) is 0 Å². The lowest BCUT2D eigenvalue weighted by atomic mass is 9.97. The third kappa shape index (κ3) is 3.62. The van der Waals surface area contributed by atoms with Crippen LogP contribution in [0.25, 0.3) is 0 Å². The third-order valence-electron chi connectivity index (χ3n) is 3.03. The second-order valence-electron chi connectivity index (χ2n) is 4.48. The fraction of sp³-hybridized carbons (Fsp3) is 0.462. The molecule has 0 aliphatic carbocycles. The summed E-state index contributed by atoms with van der Waals surface area (Å²) in [6.07, 6.45) is -3.57. The lowest BCUT2D eigenvalue weighted by Crippen LogP contribution is -2.29. The van der Waals surface area contributed by atoms with Crippen LogP contribution in [0.2, 0.25) is 0 Å². The molecule has 0 radical (unpaired) electrons. The normalized spacial score (nSPS) is 14.5. The number of alkyl halides is 3. The monoisotopic (exact) mass is 272 g/mol. The maximum atomic E-state index is 12.0. The molecule has 3 nitrogen and oxygen atoms in total. The highest BCUT2D eigenvalue weighted by Gasteiger charge is 2.27. The molecule has 0 bridgehead atoms. The van der Waals surface area contributed by atoms with Gasteiger partial charge in [0.1, 0.15) is 0 Å². The smallest absolute Gasteiger partial charge is 0.385 e. The average molecular weight is 272 g/mol. The number of rotatable bonds is 3. The van der Waals surface area contributed by atoms with Gasteiger partial charge in [0.2, 0.25) is 0 Å². The highest BCUT2D eigenvalue weighted by atomic mass is 19.4. The van der Waals surface area contributed by atoms with E-state index < -0.39 is 18.5 Å². The number of amides is 1. The van der Waals surface area contributed by atoms with Gasteiger partial charge in [-0.05, 0) is 30.5 Å². The van der Waals surface area contributed by atoms with Crippen LogP contribution in [0.4, 0.5) is 18.9 Å². The van der Waals surface area contributed by atoms with Crippen molar-refractivity contribution >= 4 is 11.6 Å². The maximum absolute atomic E-state index is 12.0. The minimum absolute atomic E-state index is 0.389. The number of halogens is 3. The van der Waals surface area contributed by atoms with E-state index in [0.29, 0.717) is 5.56 Å². The first kappa shape index (κ1) is 13.7. The molecule has 1 heterocycles. The number of anilines is 1. The SMILES string of the molecule is O=C(NCCC(F)(F)F)c1cccc2c1CCCN2. The molecule has 2 rings (SSSR count). The standard InChI is InChI=1S/C13H15F3N2O/c14-13(15,16)6-8-18-12(19)10-3-1-5-11-9(10)4-2-7-17-11/h1,3,5,17H,2,4,6-8H2,(H,18,19). The third-order valence-corrected chi connectivity index (χ3v) is 3.03. The van der Waals surface area contributed by atoms with Gasteiger partial charge in [0.25, 0.3) is 5.91 Å². The molecule has 1 aromatic rings. The molecule has 0 atom stereocenters. The van der Waals surface area contributed by atoms with Crippen LogP contribution < -0.4 is 10.6 Å². The second-order valence-corrected chi connectivity index (χ2v) is 4.48. The van der Waals surface area contributed by atoms with Crippen molar-refractivity contribution in [1.82, 2.24) is 5.32 Å². The van der Waals surface area contributed by atoms with Gasteiger partial charge >= 0.3 is 6.18 Å². The molecule has 1 amide bonds. The Balaban J connectivity index is 2.03. The quantitative estimate of drug-likeness (QED) is 0.888. The molecule has 19 heavy (non-hydrogen) atoms. The number of hydrogen-bond acceptors (Lipinski definition) is 2. The highest BCUT2D eigenvalue weighted by Crippen LogP contribution is 2.25. The van der Waals surface area contributed by atoms with Crippen molar-refractivity contribution in [3.63, 3.8) is 0 Å². The lowest BCUT2D eigenvalue weighted by molar-refractivity contribution is -0.132. The first-order chi connectivity index (χ1) is 8.97. The fourth-order valence-electron chi connectivity index (χ4n) is 2.14. The zero-order valence-electron chi connectivity index (χ0n) is 10.3. The van der Waals surface area contributed by atoms with Crippen molar-refractivity contribution in [1.29, 1.82) is 0 Å². The molecule has 1 aliphatic heterocycles. The fourth-order valence-corrected chi connectivity index (χ4v) is 2.14. The summed E-state index contributed by atoms with van der Waals surface area (Å²) in [5.74, 6) is -0.440. The van der Waals surface area contributed by atoms with Crippen molar-refractivity contribution in [2.45, 2.75) is 25.4 Å². The van der Waals surface area contributed by atoms with E-state index in [1.165, 1.54) is 0 Å². The van der Waals surface area contributed by atoms with Crippen LogP contribution in [-0.2, 0) is 6.42 Å². The Labute approximate surface area is 109 Å². The number of nitrogens with one attached hydrogen (secondary N) is 2. The molecule has 2 N–H and O–H groups in total. The van der Waals surface area contributed by atoms with Crippen molar-refractivity contribution in [3.05, 3.63) is 29.3 Å². The Morgan fingerprint density at radius 3 is 2.89 bits per heavy atom. The first-order valence-electron chi connectivity index (χ1n) is 6.18. The molecular weight excluding hydrogens is 257 g/mol. The summed E-state index contributed by atoms with van der Waals surface area (Å²) < 4.78 is 36.1. The van der Waals surface area contributed by atoms with Gasteiger partial charge in [0, 0.05) is 24.3 Å².